The molecule has 2 heterocycles. The highest BCUT2D eigenvalue weighted by molar-refractivity contribution is 5.76. The van der Waals surface area contributed by atoms with E-state index in [1.54, 1.807) is 6.20 Å². The molecule has 5 heteroatoms. The fraction of sp³-hybridized carbons (Fsp3) is 0.500. The maximum Gasteiger partial charge on any atom is 0.323 e. The van der Waals surface area contributed by atoms with E-state index in [2.05, 4.69) is 15.0 Å². The van der Waals surface area contributed by atoms with Crippen molar-refractivity contribution in [2.75, 3.05) is 13.7 Å². The molecule has 1 aromatic heterocycles. The second-order valence-electron chi connectivity index (χ2n) is 4.13. The SMILES string of the molecule is COC(=O)C1CC(Oc2ccc(C)cn2)CN1. The van der Waals surface area contributed by atoms with Gasteiger partial charge in [0.2, 0.25) is 5.88 Å². The highest BCUT2D eigenvalue weighted by Crippen LogP contribution is 2.15. The number of pyridine rings is 1. The number of carbonyl (C=O) groups excluding carboxylic acids is 1. The maximum atomic E-state index is 11.3. The molecule has 0 bridgehead atoms. The number of aromatic nitrogens is 1. The van der Waals surface area contributed by atoms with Gasteiger partial charge in [-0.2, -0.15) is 0 Å². The Kier molecular flexibility index (Phi) is 3.58. The molecule has 2 unspecified atom stereocenters. The zero-order valence-electron chi connectivity index (χ0n) is 9.97. The van der Waals surface area contributed by atoms with Gasteiger partial charge in [-0.25, -0.2) is 4.98 Å². The molecular weight excluding hydrogens is 220 g/mol. The molecule has 0 amide bonds. The van der Waals surface area contributed by atoms with E-state index in [0.29, 0.717) is 18.8 Å². The number of rotatable bonds is 3. The summed E-state index contributed by atoms with van der Waals surface area (Å²) in [7, 11) is 1.39. The Morgan fingerprint density at radius 1 is 1.53 bits per heavy atom. The molecule has 0 aliphatic carbocycles. The van der Waals surface area contributed by atoms with Crippen LogP contribution in [-0.4, -0.2) is 36.8 Å². The summed E-state index contributed by atoms with van der Waals surface area (Å²) in [6.45, 7) is 2.61. The first-order valence-corrected chi connectivity index (χ1v) is 5.59. The Morgan fingerprint density at radius 3 is 3.00 bits per heavy atom. The van der Waals surface area contributed by atoms with E-state index in [1.807, 2.05) is 19.1 Å². The van der Waals surface area contributed by atoms with Crippen LogP contribution in [0, 0.1) is 6.92 Å². The van der Waals surface area contributed by atoms with Crippen molar-refractivity contribution in [3.63, 3.8) is 0 Å². The van der Waals surface area contributed by atoms with E-state index in [0.717, 1.165) is 5.56 Å². The van der Waals surface area contributed by atoms with Gasteiger partial charge in [0.1, 0.15) is 12.1 Å². The highest BCUT2D eigenvalue weighted by atomic mass is 16.5. The van der Waals surface area contributed by atoms with Crippen LogP contribution >= 0.6 is 0 Å². The van der Waals surface area contributed by atoms with Gasteiger partial charge in [0.25, 0.3) is 0 Å². The number of hydrogen-bond acceptors (Lipinski definition) is 5. The van der Waals surface area contributed by atoms with Crippen molar-refractivity contribution in [2.24, 2.45) is 0 Å². The number of methoxy groups -OCH3 is 1. The van der Waals surface area contributed by atoms with Gasteiger partial charge in [-0.3, -0.25) is 4.79 Å². The van der Waals surface area contributed by atoms with Crippen LogP contribution in [0.25, 0.3) is 0 Å². The van der Waals surface area contributed by atoms with Crippen molar-refractivity contribution in [3.8, 4) is 5.88 Å². The van der Waals surface area contributed by atoms with E-state index in [4.69, 9.17) is 4.74 Å². The predicted molar refractivity (Wildman–Crippen MR) is 61.8 cm³/mol. The molecule has 1 saturated heterocycles. The summed E-state index contributed by atoms with van der Waals surface area (Å²) in [5.74, 6) is 0.348. The van der Waals surface area contributed by atoms with Gasteiger partial charge in [-0.15, -0.1) is 0 Å². The Balaban J connectivity index is 1.89. The first-order chi connectivity index (χ1) is 8.19. The zero-order valence-corrected chi connectivity index (χ0v) is 9.97. The topological polar surface area (TPSA) is 60.5 Å². The Hall–Kier alpha value is -1.62. The molecule has 1 aromatic rings. The van der Waals surface area contributed by atoms with Gasteiger partial charge in [-0.05, 0) is 12.5 Å². The molecule has 17 heavy (non-hydrogen) atoms. The van der Waals surface area contributed by atoms with Crippen LogP contribution in [0.3, 0.4) is 0 Å². The molecule has 1 aliphatic rings. The van der Waals surface area contributed by atoms with E-state index < -0.39 is 0 Å². The third-order valence-electron chi connectivity index (χ3n) is 2.75. The number of hydrogen-bond donors (Lipinski definition) is 1. The summed E-state index contributed by atoms with van der Waals surface area (Å²) in [5, 5.41) is 3.06. The van der Waals surface area contributed by atoms with Crippen LogP contribution in [0.4, 0.5) is 0 Å². The molecular formula is C12H16N2O3. The standard InChI is InChI=1S/C12H16N2O3/c1-8-3-4-11(14-6-8)17-9-5-10(13-7-9)12(15)16-2/h3-4,6,9-10,13H,5,7H2,1-2H3. The number of esters is 1. The monoisotopic (exact) mass is 236 g/mol. The van der Waals surface area contributed by atoms with Crippen LogP contribution in [0.2, 0.25) is 0 Å². The first-order valence-electron chi connectivity index (χ1n) is 5.59. The van der Waals surface area contributed by atoms with Gasteiger partial charge >= 0.3 is 5.97 Å². The zero-order chi connectivity index (χ0) is 12.3. The van der Waals surface area contributed by atoms with E-state index in [1.165, 1.54) is 7.11 Å². The van der Waals surface area contributed by atoms with E-state index >= 15 is 0 Å². The minimum atomic E-state index is -0.268. The summed E-state index contributed by atoms with van der Waals surface area (Å²) in [5.41, 5.74) is 1.09. The van der Waals surface area contributed by atoms with E-state index in [9.17, 15) is 4.79 Å². The second kappa shape index (κ2) is 5.14. The van der Waals surface area contributed by atoms with Crippen molar-refractivity contribution in [1.29, 1.82) is 0 Å². The van der Waals surface area contributed by atoms with Crippen molar-refractivity contribution in [2.45, 2.75) is 25.5 Å². The summed E-state index contributed by atoms with van der Waals surface area (Å²) in [4.78, 5) is 15.5. The largest absolute Gasteiger partial charge is 0.473 e. The van der Waals surface area contributed by atoms with Crippen LogP contribution < -0.4 is 10.1 Å². The Bertz CT molecular complexity index is 391. The Labute approximate surface area is 100 Å². The lowest BCUT2D eigenvalue weighted by Crippen LogP contribution is -2.31. The number of ether oxygens (including phenoxy) is 2. The molecule has 5 nitrogen and oxygen atoms in total. The summed E-state index contributed by atoms with van der Waals surface area (Å²) in [6.07, 6.45) is 2.34. The highest BCUT2D eigenvalue weighted by Gasteiger charge is 2.31. The third-order valence-corrected chi connectivity index (χ3v) is 2.75. The fourth-order valence-corrected chi connectivity index (χ4v) is 1.81. The third kappa shape index (κ3) is 2.94. The van der Waals surface area contributed by atoms with Crippen LogP contribution in [-0.2, 0) is 9.53 Å². The van der Waals surface area contributed by atoms with Crippen molar-refractivity contribution >= 4 is 5.97 Å². The molecule has 0 aromatic carbocycles. The van der Waals surface area contributed by atoms with Gasteiger partial charge in [0, 0.05) is 25.2 Å². The molecule has 2 rings (SSSR count). The lowest BCUT2D eigenvalue weighted by atomic mass is 10.2. The average molecular weight is 236 g/mol. The van der Waals surface area contributed by atoms with Crippen LogP contribution in [0.15, 0.2) is 18.3 Å². The summed E-state index contributed by atoms with van der Waals surface area (Å²) >= 11 is 0. The second-order valence-corrected chi connectivity index (χ2v) is 4.13. The molecule has 1 N–H and O–H groups in total. The van der Waals surface area contributed by atoms with Crippen molar-refractivity contribution in [3.05, 3.63) is 23.9 Å². The number of aryl methyl sites for hydroxylation is 1. The fourth-order valence-electron chi connectivity index (χ4n) is 1.81. The van der Waals surface area contributed by atoms with Crippen LogP contribution in [0.5, 0.6) is 5.88 Å². The van der Waals surface area contributed by atoms with Crippen LogP contribution in [0.1, 0.15) is 12.0 Å². The molecule has 2 atom stereocenters. The predicted octanol–water partition coefficient (Wildman–Crippen LogP) is 0.672. The molecule has 1 fully saturated rings. The lowest BCUT2D eigenvalue weighted by Gasteiger charge is -2.11. The smallest absolute Gasteiger partial charge is 0.323 e. The quantitative estimate of drug-likeness (QED) is 0.782. The average Bonchev–Trinajstić information content (AvgIpc) is 2.80. The van der Waals surface area contributed by atoms with E-state index in [-0.39, 0.29) is 18.1 Å². The normalized spacial score (nSPS) is 23.4. The van der Waals surface area contributed by atoms with Crippen molar-refractivity contribution < 1.29 is 14.3 Å². The van der Waals surface area contributed by atoms with Gasteiger partial charge < -0.3 is 14.8 Å². The molecule has 0 radical (unpaired) electrons. The molecule has 1 aliphatic heterocycles. The van der Waals surface area contributed by atoms with Crippen molar-refractivity contribution in [1.82, 2.24) is 10.3 Å². The lowest BCUT2D eigenvalue weighted by molar-refractivity contribution is -0.142. The molecule has 0 saturated carbocycles. The number of nitrogens with zero attached hydrogens (tertiary/aromatic N) is 1. The first kappa shape index (κ1) is 11.9. The molecule has 92 valence electrons. The summed E-state index contributed by atoms with van der Waals surface area (Å²) in [6, 6.07) is 3.51. The number of carbonyl (C=O) groups is 1. The Morgan fingerprint density at radius 2 is 2.35 bits per heavy atom. The maximum absolute atomic E-state index is 11.3. The summed E-state index contributed by atoms with van der Waals surface area (Å²) < 4.78 is 10.3. The van der Waals surface area contributed by atoms with Gasteiger partial charge in [-0.1, -0.05) is 6.07 Å². The minimum Gasteiger partial charge on any atom is -0.473 e. The number of nitrogens with one attached hydrogen (secondary N) is 1. The minimum absolute atomic E-state index is 0.0330. The van der Waals surface area contributed by atoms with Gasteiger partial charge in [0.05, 0.1) is 7.11 Å². The molecule has 0 spiro atoms. The van der Waals surface area contributed by atoms with Gasteiger partial charge in [0.15, 0.2) is 0 Å².